The minimum absolute atomic E-state index is 0. The fraction of sp³-hybridized carbons (Fsp3) is 0.556. The summed E-state index contributed by atoms with van der Waals surface area (Å²) in [6.07, 6.45) is 6.60. The van der Waals surface area contributed by atoms with Gasteiger partial charge in [-0.1, -0.05) is 25.8 Å². The van der Waals surface area contributed by atoms with Crippen LogP contribution in [-0.4, -0.2) is 37.3 Å². The number of aromatic nitrogens is 1. The average molecular weight is 387 g/mol. The van der Waals surface area contributed by atoms with E-state index in [0.29, 0.717) is 24.6 Å². The summed E-state index contributed by atoms with van der Waals surface area (Å²) in [5, 5.41) is 4.26. The summed E-state index contributed by atoms with van der Waals surface area (Å²) in [7, 11) is -3.31. The van der Waals surface area contributed by atoms with Gasteiger partial charge in [0.25, 0.3) is 0 Å². The van der Waals surface area contributed by atoms with Crippen molar-refractivity contribution >= 4 is 33.3 Å². The third-order valence-electron chi connectivity index (χ3n) is 4.57. The first kappa shape index (κ1) is 20.1. The lowest BCUT2D eigenvalue weighted by Crippen LogP contribution is -2.28. The van der Waals surface area contributed by atoms with Crippen molar-refractivity contribution in [2.75, 3.05) is 18.9 Å². The van der Waals surface area contributed by atoms with E-state index < -0.39 is 10.0 Å². The van der Waals surface area contributed by atoms with Crippen LogP contribution in [0.5, 0.6) is 5.75 Å². The normalized spacial score (nSPS) is 17.6. The molecule has 1 aliphatic rings. The standard InChI is InChI=1S/C18H26N2O3S.ClH/c1-2-3-4-13-24(21,22)20-12-10-16-17(20)8-5-9-18(16)23-14-15-7-6-11-19-15;/h5,8-10,12,15,19H,2-4,6-7,11,13-14H2,1H3;1H/t15-;/m0./s1. The Balaban J connectivity index is 0.00000225. The Hall–Kier alpha value is -1.24. The lowest BCUT2D eigenvalue weighted by molar-refractivity contribution is 0.280. The molecule has 1 fully saturated rings. The number of fused-ring (bicyclic) bond motifs is 1. The lowest BCUT2D eigenvalue weighted by atomic mass is 10.2. The van der Waals surface area contributed by atoms with Gasteiger partial charge in [-0.25, -0.2) is 12.4 Å². The minimum Gasteiger partial charge on any atom is -0.491 e. The fourth-order valence-corrected chi connectivity index (χ4v) is 4.68. The molecule has 2 heterocycles. The number of unbranched alkanes of at least 4 members (excludes halogenated alkanes) is 2. The van der Waals surface area contributed by atoms with Crippen LogP contribution in [0.4, 0.5) is 0 Å². The molecule has 1 atom stereocenters. The van der Waals surface area contributed by atoms with E-state index in [1.165, 1.54) is 10.4 Å². The highest BCUT2D eigenvalue weighted by atomic mass is 35.5. The van der Waals surface area contributed by atoms with Crippen LogP contribution >= 0.6 is 12.4 Å². The summed E-state index contributed by atoms with van der Waals surface area (Å²) in [6.45, 7) is 3.73. The minimum atomic E-state index is -3.31. The first-order chi connectivity index (χ1) is 11.6. The summed E-state index contributed by atoms with van der Waals surface area (Å²) in [4.78, 5) is 0. The zero-order chi connectivity index (χ0) is 17.0. The predicted molar refractivity (Wildman–Crippen MR) is 104 cm³/mol. The van der Waals surface area contributed by atoms with Crippen molar-refractivity contribution in [3.05, 3.63) is 30.5 Å². The molecule has 140 valence electrons. The molecular weight excluding hydrogens is 360 g/mol. The van der Waals surface area contributed by atoms with Gasteiger partial charge in [0.1, 0.15) is 12.4 Å². The third-order valence-corrected chi connectivity index (χ3v) is 6.29. The van der Waals surface area contributed by atoms with Gasteiger partial charge in [0, 0.05) is 17.6 Å². The molecule has 25 heavy (non-hydrogen) atoms. The lowest BCUT2D eigenvalue weighted by Gasteiger charge is -2.13. The van der Waals surface area contributed by atoms with E-state index in [4.69, 9.17) is 4.74 Å². The summed E-state index contributed by atoms with van der Waals surface area (Å²) < 4.78 is 32.5. The van der Waals surface area contributed by atoms with Crippen molar-refractivity contribution in [1.29, 1.82) is 0 Å². The number of halogens is 1. The summed E-state index contributed by atoms with van der Waals surface area (Å²) >= 11 is 0. The smallest absolute Gasteiger partial charge is 0.238 e. The number of hydrogen-bond donors (Lipinski definition) is 1. The second-order valence-electron chi connectivity index (χ2n) is 6.43. The first-order valence-corrected chi connectivity index (χ1v) is 10.4. The third kappa shape index (κ3) is 4.68. The molecule has 0 unspecified atom stereocenters. The van der Waals surface area contributed by atoms with Crippen LogP contribution in [-0.2, 0) is 10.0 Å². The number of hydrogen-bond acceptors (Lipinski definition) is 4. The van der Waals surface area contributed by atoms with Crippen molar-refractivity contribution in [3.8, 4) is 5.75 Å². The van der Waals surface area contributed by atoms with Gasteiger partial charge in [0.05, 0.1) is 11.3 Å². The highest BCUT2D eigenvalue weighted by Gasteiger charge is 2.18. The monoisotopic (exact) mass is 386 g/mol. The Bertz CT molecular complexity index is 783. The van der Waals surface area contributed by atoms with Crippen LogP contribution < -0.4 is 10.1 Å². The molecule has 0 bridgehead atoms. The molecule has 3 rings (SSSR count). The highest BCUT2D eigenvalue weighted by molar-refractivity contribution is 7.90. The zero-order valence-electron chi connectivity index (χ0n) is 14.6. The van der Waals surface area contributed by atoms with Gasteiger partial charge in [-0.3, -0.25) is 0 Å². The zero-order valence-corrected chi connectivity index (χ0v) is 16.2. The van der Waals surface area contributed by atoms with Gasteiger partial charge < -0.3 is 10.1 Å². The van der Waals surface area contributed by atoms with Crippen molar-refractivity contribution < 1.29 is 13.2 Å². The van der Waals surface area contributed by atoms with Gasteiger partial charge in [-0.2, -0.15) is 0 Å². The molecule has 0 radical (unpaired) electrons. The van der Waals surface area contributed by atoms with Crippen LogP contribution in [0.3, 0.4) is 0 Å². The van der Waals surface area contributed by atoms with Gasteiger partial charge >= 0.3 is 0 Å². The van der Waals surface area contributed by atoms with E-state index in [-0.39, 0.29) is 18.2 Å². The van der Waals surface area contributed by atoms with Gasteiger partial charge in [0.15, 0.2) is 0 Å². The molecule has 7 heteroatoms. The molecular formula is C18H27ClN2O3S. The van der Waals surface area contributed by atoms with Gasteiger partial charge in [-0.15, -0.1) is 12.4 Å². The Labute approximate surface area is 156 Å². The Morgan fingerprint density at radius 1 is 1.28 bits per heavy atom. The van der Waals surface area contributed by atoms with E-state index in [9.17, 15) is 8.42 Å². The van der Waals surface area contributed by atoms with Crippen LogP contribution in [0.2, 0.25) is 0 Å². The second-order valence-corrected chi connectivity index (χ2v) is 8.39. The largest absolute Gasteiger partial charge is 0.491 e. The highest BCUT2D eigenvalue weighted by Crippen LogP contribution is 2.28. The van der Waals surface area contributed by atoms with Crippen molar-refractivity contribution in [2.45, 2.75) is 45.1 Å². The number of nitrogens with zero attached hydrogens (tertiary/aromatic N) is 1. The Kier molecular flexibility index (Phi) is 7.16. The molecule has 5 nitrogen and oxygen atoms in total. The van der Waals surface area contributed by atoms with Crippen LogP contribution in [0.25, 0.3) is 10.9 Å². The Morgan fingerprint density at radius 3 is 2.84 bits per heavy atom. The maximum absolute atomic E-state index is 12.6. The molecule has 0 amide bonds. The van der Waals surface area contributed by atoms with Crippen LogP contribution in [0.1, 0.15) is 39.0 Å². The predicted octanol–water partition coefficient (Wildman–Crippen LogP) is 3.56. The maximum atomic E-state index is 12.6. The summed E-state index contributed by atoms with van der Waals surface area (Å²) in [5.74, 6) is 0.936. The van der Waals surface area contributed by atoms with E-state index in [1.54, 1.807) is 6.20 Å². The summed E-state index contributed by atoms with van der Waals surface area (Å²) in [5.41, 5.74) is 0.698. The molecule has 0 aliphatic carbocycles. The average Bonchev–Trinajstić information content (AvgIpc) is 3.22. The van der Waals surface area contributed by atoms with E-state index in [2.05, 4.69) is 12.2 Å². The van der Waals surface area contributed by atoms with Gasteiger partial charge in [0.2, 0.25) is 10.0 Å². The number of nitrogens with one attached hydrogen (secondary N) is 1. The van der Waals surface area contributed by atoms with Gasteiger partial charge in [-0.05, 0) is 44.0 Å². The number of ether oxygens (including phenoxy) is 1. The quantitative estimate of drug-likeness (QED) is 0.704. The van der Waals surface area contributed by atoms with Crippen molar-refractivity contribution in [1.82, 2.24) is 9.29 Å². The van der Waals surface area contributed by atoms with Crippen molar-refractivity contribution in [2.24, 2.45) is 0 Å². The number of benzene rings is 1. The molecule has 1 saturated heterocycles. The Morgan fingerprint density at radius 2 is 2.12 bits per heavy atom. The van der Waals surface area contributed by atoms with E-state index in [0.717, 1.165) is 36.9 Å². The van der Waals surface area contributed by atoms with Crippen LogP contribution in [0, 0.1) is 0 Å². The van der Waals surface area contributed by atoms with E-state index in [1.807, 2.05) is 24.3 Å². The van der Waals surface area contributed by atoms with E-state index >= 15 is 0 Å². The second kappa shape index (κ2) is 8.92. The fourth-order valence-electron chi connectivity index (χ4n) is 3.21. The maximum Gasteiger partial charge on any atom is 0.238 e. The molecule has 0 spiro atoms. The molecule has 1 aliphatic heterocycles. The molecule has 1 N–H and O–H groups in total. The number of rotatable bonds is 8. The molecule has 0 saturated carbocycles. The van der Waals surface area contributed by atoms with Crippen molar-refractivity contribution in [3.63, 3.8) is 0 Å². The molecule has 2 aromatic rings. The molecule has 1 aromatic carbocycles. The molecule has 1 aromatic heterocycles. The SMILES string of the molecule is CCCCCS(=O)(=O)n1ccc2c(OC[C@@H]3CCCN3)cccc21.Cl. The summed E-state index contributed by atoms with van der Waals surface area (Å²) in [6, 6.07) is 7.83. The topological polar surface area (TPSA) is 60.3 Å². The van der Waals surface area contributed by atoms with Crippen LogP contribution in [0.15, 0.2) is 30.5 Å². The first-order valence-electron chi connectivity index (χ1n) is 8.81.